The molecule has 0 N–H and O–H groups in total. The van der Waals surface area contributed by atoms with Gasteiger partial charge in [-0.25, -0.2) is 9.69 Å². The number of hydrogen-bond donors (Lipinski definition) is 0. The molecule has 2 aromatic carbocycles. The number of imide groups is 1. The minimum Gasteiger partial charge on any atom is -0.443 e. The second-order valence-corrected chi connectivity index (χ2v) is 9.65. The van der Waals surface area contributed by atoms with Gasteiger partial charge in [0.25, 0.3) is 5.91 Å². The number of benzene rings is 2. The molecule has 164 valence electrons. The molecule has 0 spiro atoms. The Labute approximate surface area is 185 Å². The van der Waals surface area contributed by atoms with Crippen molar-refractivity contribution < 1.29 is 14.3 Å². The zero-order chi connectivity index (χ0) is 22.8. The average molecular weight is 421 g/mol. The molecule has 1 unspecified atom stereocenters. The van der Waals surface area contributed by atoms with Crippen LogP contribution in [0.3, 0.4) is 0 Å². The third kappa shape index (κ3) is 5.35. The number of likely N-dealkylation sites (tertiary alicyclic amines) is 1. The molecule has 0 aliphatic carbocycles. The summed E-state index contributed by atoms with van der Waals surface area (Å²) in [5, 5.41) is 0. The Morgan fingerprint density at radius 1 is 1.06 bits per heavy atom. The van der Waals surface area contributed by atoms with Crippen molar-refractivity contribution in [1.29, 1.82) is 0 Å². The minimum atomic E-state index is -0.699. The quantitative estimate of drug-likeness (QED) is 0.633. The lowest BCUT2D eigenvalue weighted by Gasteiger charge is -2.34. The summed E-state index contributed by atoms with van der Waals surface area (Å²) >= 11 is 0. The predicted octanol–water partition coefficient (Wildman–Crippen LogP) is 5.27. The zero-order valence-corrected chi connectivity index (χ0v) is 19.3. The number of carbonyl (C=O) groups is 2. The van der Waals surface area contributed by atoms with Gasteiger partial charge < -0.3 is 9.64 Å². The van der Waals surface area contributed by atoms with Crippen molar-refractivity contribution in [2.75, 3.05) is 14.1 Å². The van der Waals surface area contributed by atoms with Crippen LogP contribution < -0.4 is 0 Å². The fourth-order valence-corrected chi connectivity index (χ4v) is 4.00. The normalized spacial score (nSPS) is 20.3. The van der Waals surface area contributed by atoms with Crippen molar-refractivity contribution in [3.8, 4) is 11.1 Å². The molecule has 0 radical (unpaired) electrons. The van der Waals surface area contributed by atoms with E-state index in [0.717, 1.165) is 16.7 Å². The standard InChI is InChI=1S/C26H32N2O3/c1-25(2,3)31-24(30)28-23(29)22(18-27(5)6)17-26(28,4)16-19-12-14-21(15-13-19)20-10-8-7-9-11-20/h7-15,18H,16-17H2,1-6H3. The summed E-state index contributed by atoms with van der Waals surface area (Å²) in [6.45, 7) is 7.38. The fourth-order valence-electron chi connectivity index (χ4n) is 4.00. The Kier molecular flexibility index (Phi) is 6.25. The molecule has 1 saturated heterocycles. The maximum absolute atomic E-state index is 13.1. The fraction of sp³-hybridized carbons (Fsp3) is 0.385. The molecular formula is C26H32N2O3. The minimum absolute atomic E-state index is 0.286. The van der Waals surface area contributed by atoms with Crippen molar-refractivity contribution in [1.82, 2.24) is 9.80 Å². The van der Waals surface area contributed by atoms with Crippen molar-refractivity contribution in [2.24, 2.45) is 0 Å². The Morgan fingerprint density at radius 3 is 2.19 bits per heavy atom. The first kappa shape index (κ1) is 22.6. The summed E-state index contributed by atoms with van der Waals surface area (Å²) in [6.07, 6.45) is 2.23. The van der Waals surface area contributed by atoms with Crippen LogP contribution in [-0.4, -0.2) is 47.0 Å². The van der Waals surface area contributed by atoms with E-state index >= 15 is 0 Å². The van der Waals surface area contributed by atoms with Gasteiger partial charge in [-0.05, 0) is 50.8 Å². The van der Waals surface area contributed by atoms with Gasteiger partial charge in [-0.1, -0.05) is 54.6 Å². The molecular weight excluding hydrogens is 388 g/mol. The second-order valence-electron chi connectivity index (χ2n) is 9.65. The molecule has 31 heavy (non-hydrogen) atoms. The molecule has 0 bridgehead atoms. The van der Waals surface area contributed by atoms with Gasteiger partial charge >= 0.3 is 6.09 Å². The van der Waals surface area contributed by atoms with Gasteiger partial charge in [-0.2, -0.15) is 0 Å². The number of nitrogens with zero attached hydrogens (tertiary/aromatic N) is 2. The number of ether oxygens (including phenoxy) is 1. The molecule has 1 atom stereocenters. The topological polar surface area (TPSA) is 49.9 Å². The molecule has 1 fully saturated rings. The van der Waals surface area contributed by atoms with E-state index in [2.05, 4.69) is 36.4 Å². The highest BCUT2D eigenvalue weighted by Crippen LogP contribution is 2.38. The molecule has 1 heterocycles. The van der Waals surface area contributed by atoms with Crippen LogP contribution in [0.1, 0.15) is 39.7 Å². The van der Waals surface area contributed by atoms with Gasteiger partial charge in [0.05, 0.1) is 5.54 Å². The summed E-state index contributed by atoms with van der Waals surface area (Å²) in [4.78, 5) is 29.3. The van der Waals surface area contributed by atoms with Crippen LogP contribution in [0.25, 0.3) is 11.1 Å². The van der Waals surface area contributed by atoms with Crippen LogP contribution in [0.15, 0.2) is 66.4 Å². The first-order valence-electron chi connectivity index (χ1n) is 10.6. The van der Waals surface area contributed by atoms with Crippen LogP contribution in [0.4, 0.5) is 4.79 Å². The second kappa shape index (κ2) is 8.58. The molecule has 3 rings (SSSR count). The highest BCUT2D eigenvalue weighted by molar-refractivity contribution is 6.05. The molecule has 5 heteroatoms. The molecule has 5 nitrogen and oxygen atoms in total. The van der Waals surface area contributed by atoms with Crippen molar-refractivity contribution in [3.05, 3.63) is 71.9 Å². The summed E-state index contributed by atoms with van der Waals surface area (Å²) in [5.74, 6) is -0.286. The predicted molar refractivity (Wildman–Crippen MR) is 123 cm³/mol. The van der Waals surface area contributed by atoms with E-state index in [0.29, 0.717) is 18.4 Å². The smallest absolute Gasteiger partial charge is 0.417 e. The Balaban J connectivity index is 1.90. The Bertz CT molecular complexity index is 972. The van der Waals surface area contributed by atoms with Crippen LogP contribution in [0.2, 0.25) is 0 Å². The van der Waals surface area contributed by atoms with E-state index in [1.165, 1.54) is 4.90 Å². The van der Waals surface area contributed by atoms with Gasteiger partial charge in [-0.15, -0.1) is 0 Å². The Morgan fingerprint density at radius 2 is 1.65 bits per heavy atom. The third-order valence-corrected chi connectivity index (χ3v) is 5.23. The van der Waals surface area contributed by atoms with Crippen molar-refractivity contribution >= 4 is 12.0 Å². The molecule has 1 aliphatic heterocycles. The highest BCUT2D eigenvalue weighted by atomic mass is 16.6. The summed E-state index contributed by atoms with van der Waals surface area (Å²) < 4.78 is 5.58. The van der Waals surface area contributed by atoms with Gasteiger partial charge in [0, 0.05) is 32.3 Å². The van der Waals surface area contributed by atoms with Crippen LogP contribution in [-0.2, 0) is 16.0 Å². The zero-order valence-electron chi connectivity index (χ0n) is 19.3. The monoisotopic (exact) mass is 420 g/mol. The number of rotatable bonds is 4. The third-order valence-electron chi connectivity index (χ3n) is 5.23. The molecule has 2 amide bonds. The molecule has 2 aromatic rings. The van der Waals surface area contributed by atoms with Crippen LogP contribution >= 0.6 is 0 Å². The molecule has 0 aromatic heterocycles. The SMILES string of the molecule is CN(C)C=C1CC(C)(Cc2ccc(-c3ccccc3)cc2)N(C(=O)OC(C)(C)C)C1=O. The van der Waals surface area contributed by atoms with E-state index < -0.39 is 17.2 Å². The van der Waals surface area contributed by atoms with E-state index in [1.54, 1.807) is 6.20 Å². The van der Waals surface area contributed by atoms with Crippen LogP contribution in [0, 0.1) is 0 Å². The Hall–Kier alpha value is -3.08. The summed E-state index contributed by atoms with van der Waals surface area (Å²) in [7, 11) is 3.74. The van der Waals surface area contributed by atoms with Gasteiger partial charge in [-0.3, -0.25) is 4.79 Å². The molecule has 0 saturated carbocycles. The summed E-state index contributed by atoms with van der Waals surface area (Å²) in [5.41, 5.74) is 2.59. The van der Waals surface area contributed by atoms with Gasteiger partial charge in [0.15, 0.2) is 0 Å². The highest BCUT2D eigenvalue weighted by Gasteiger charge is 2.49. The summed E-state index contributed by atoms with van der Waals surface area (Å²) in [6, 6.07) is 18.5. The van der Waals surface area contributed by atoms with Crippen LogP contribution in [0.5, 0.6) is 0 Å². The maximum atomic E-state index is 13.1. The van der Waals surface area contributed by atoms with E-state index in [4.69, 9.17) is 4.74 Å². The van der Waals surface area contributed by atoms with E-state index in [9.17, 15) is 9.59 Å². The largest absolute Gasteiger partial charge is 0.443 e. The first-order valence-corrected chi connectivity index (χ1v) is 10.6. The number of carbonyl (C=O) groups excluding carboxylic acids is 2. The molecule has 1 aliphatic rings. The lowest BCUT2D eigenvalue weighted by atomic mass is 9.88. The van der Waals surface area contributed by atoms with E-state index in [1.807, 2.05) is 64.9 Å². The van der Waals surface area contributed by atoms with E-state index in [-0.39, 0.29) is 5.91 Å². The van der Waals surface area contributed by atoms with Gasteiger partial charge in [0.1, 0.15) is 5.60 Å². The van der Waals surface area contributed by atoms with Crippen molar-refractivity contribution in [2.45, 2.75) is 51.7 Å². The lowest BCUT2D eigenvalue weighted by molar-refractivity contribution is -0.127. The maximum Gasteiger partial charge on any atom is 0.417 e. The first-order chi connectivity index (χ1) is 14.5. The number of hydrogen-bond acceptors (Lipinski definition) is 4. The van der Waals surface area contributed by atoms with Crippen molar-refractivity contribution in [3.63, 3.8) is 0 Å². The average Bonchev–Trinajstić information content (AvgIpc) is 2.90. The lowest BCUT2D eigenvalue weighted by Crippen LogP contribution is -2.50. The number of amides is 2. The van der Waals surface area contributed by atoms with Gasteiger partial charge in [0.2, 0.25) is 0 Å².